The van der Waals surface area contributed by atoms with Gasteiger partial charge in [0, 0.05) is 11.5 Å². The van der Waals surface area contributed by atoms with Crippen molar-refractivity contribution in [2.24, 2.45) is 0 Å². The first-order valence-corrected chi connectivity index (χ1v) is 9.02. The van der Waals surface area contributed by atoms with Gasteiger partial charge in [0.2, 0.25) is 0 Å². The lowest BCUT2D eigenvalue weighted by atomic mass is 10.2. The topological polar surface area (TPSA) is 87.5 Å². The highest BCUT2D eigenvalue weighted by Crippen LogP contribution is 2.29. The molecule has 0 fully saturated rings. The number of hydrogen-bond acceptors (Lipinski definition) is 5. The number of esters is 1. The van der Waals surface area contributed by atoms with Gasteiger partial charge in [0.15, 0.2) is 0 Å². The van der Waals surface area contributed by atoms with Crippen LogP contribution < -0.4 is 4.31 Å². The molecule has 2 rings (SSSR count). The molecule has 0 radical (unpaired) electrons. The first-order chi connectivity index (χ1) is 11.7. The summed E-state index contributed by atoms with van der Waals surface area (Å²) in [5, 5.41) is 8.93. The average molecular weight is 427 g/mol. The number of nitriles is 1. The molecule has 25 heavy (non-hydrogen) atoms. The van der Waals surface area contributed by atoms with Crippen molar-refractivity contribution < 1.29 is 22.3 Å². The standard InChI is InChI=1S/C16H12BrFN2O4S/c1-20(11-5-3-4-10(6-11)9-19)25(22,23)15-7-12(16(21)24-2)13(17)8-14(15)18/h3-8H,1-2H3. The van der Waals surface area contributed by atoms with E-state index in [1.165, 1.54) is 31.3 Å². The number of anilines is 1. The Morgan fingerprint density at radius 3 is 2.60 bits per heavy atom. The predicted octanol–water partition coefficient (Wildman–Crippen LogP) is 3.07. The van der Waals surface area contributed by atoms with Gasteiger partial charge in [-0.05, 0) is 46.3 Å². The Morgan fingerprint density at radius 1 is 1.32 bits per heavy atom. The molecule has 2 aromatic carbocycles. The molecule has 0 bridgehead atoms. The van der Waals surface area contributed by atoms with Crippen LogP contribution >= 0.6 is 15.9 Å². The van der Waals surface area contributed by atoms with Gasteiger partial charge < -0.3 is 4.74 Å². The van der Waals surface area contributed by atoms with Crippen LogP contribution in [-0.2, 0) is 14.8 Å². The molecule has 0 aliphatic heterocycles. The van der Waals surface area contributed by atoms with Crippen LogP contribution in [0.15, 0.2) is 45.8 Å². The first kappa shape index (κ1) is 18.9. The number of halogens is 2. The molecule has 0 atom stereocenters. The van der Waals surface area contributed by atoms with Crippen molar-refractivity contribution in [1.82, 2.24) is 0 Å². The zero-order valence-corrected chi connectivity index (χ0v) is 15.6. The molecule has 0 spiro atoms. The van der Waals surface area contributed by atoms with Crippen LogP contribution in [0, 0.1) is 17.1 Å². The van der Waals surface area contributed by atoms with Crippen LogP contribution in [0.2, 0.25) is 0 Å². The monoisotopic (exact) mass is 426 g/mol. The van der Waals surface area contributed by atoms with E-state index in [2.05, 4.69) is 20.7 Å². The second-order valence-electron chi connectivity index (χ2n) is 4.89. The fourth-order valence-electron chi connectivity index (χ4n) is 2.05. The van der Waals surface area contributed by atoms with Gasteiger partial charge in [-0.25, -0.2) is 17.6 Å². The minimum Gasteiger partial charge on any atom is -0.465 e. The number of sulfonamides is 1. The molecule has 0 aliphatic rings. The molecule has 0 heterocycles. The summed E-state index contributed by atoms with van der Waals surface area (Å²) >= 11 is 3.00. The molecule has 0 saturated carbocycles. The highest BCUT2D eigenvalue weighted by Gasteiger charge is 2.28. The second kappa shape index (κ2) is 7.21. The normalized spacial score (nSPS) is 10.8. The van der Waals surface area contributed by atoms with Crippen LogP contribution in [0.3, 0.4) is 0 Å². The van der Waals surface area contributed by atoms with E-state index in [4.69, 9.17) is 5.26 Å². The first-order valence-electron chi connectivity index (χ1n) is 6.78. The lowest BCUT2D eigenvalue weighted by molar-refractivity contribution is 0.0599. The van der Waals surface area contributed by atoms with E-state index in [1.54, 1.807) is 0 Å². The Hall–Kier alpha value is -2.44. The number of carbonyl (C=O) groups is 1. The third-order valence-corrected chi connectivity index (χ3v) is 5.86. The fraction of sp³-hybridized carbons (Fsp3) is 0.125. The summed E-state index contributed by atoms with van der Waals surface area (Å²) in [4.78, 5) is 11.0. The van der Waals surface area contributed by atoms with E-state index in [9.17, 15) is 17.6 Å². The minimum atomic E-state index is -4.31. The van der Waals surface area contributed by atoms with E-state index in [1.807, 2.05) is 6.07 Å². The summed E-state index contributed by atoms with van der Waals surface area (Å²) in [6, 6.07) is 9.55. The summed E-state index contributed by atoms with van der Waals surface area (Å²) in [6.07, 6.45) is 0. The molecule has 0 saturated heterocycles. The van der Waals surface area contributed by atoms with Crippen molar-refractivity contribution in [3.8, 4) is 6.07 Å². The van der Waals surface area contributed by atoms with Crippen molar-refractivity contribution in [1.29, 1.82) is 5.26 Å². The Labute approximate surface area is 152 Å². The van der Waals surface area contributed by atoms with Gasteiger partial charge in [-0.15, -0.1) is 0 Å². The number of benzene rings is 2. The van der Waals surface area contributed by atoms with E-state index in [-0.39, 0.29) is 21.3 Å². The maximum absolute atomic E-state index is 14.3. The molecular formula is C16H12BrFN2O4S. The zero-order chi connectivity index (χ0) is 18.8. The van der Waals surface area contributed by atoms with Gasteiger partial charge in [0.1, 0.15) is 10.7 Å². The lowest BCUT2D eigenvalue weighted by Crippen LogP contribution is -2.27. The number of nitrogens with zero attached hydrogens (tertiary/aromatic N) is 2. The van der Waals surface area contributed by atoms with Crippen LogP contribution in [0.4, 0.5) is 10.1 Å². The quantitative estimate of drug-likeness (QED) is 0.700. The predicted molar refractivity (Wildman–Crippen MR) is 92.2 cm³/mol. The Morgan fingerprint density at radius 2 is 2.00 bits per heavy atom. The number of rotatable bonds is 4. The maximum Gasteiger partial charge on any atom is 0.339 e. The molecule has 0 aromatic heterocycles. The van der Waals surface area contributed by atoms with Gasteiger partial charge in [-0.1, -0.05) is 6.07 Å². The average Bonchev–Trinajstić information content (AvgIpc) is 2.60. The Kier molecular flexibility index (Phi) is 5.45. The molecule has 2 aromatic rings. The second-order valence-corrected chi connectivity index (χ2v) is 7.68. The molecule has 0 aliphatic carbocycles. The van der Waals surface area contributed by atoms with Crippen LogP contribution in [0.1, 0.15) is 15.9 Å². The van der Waals surface area contributed by atoms with Gasteiger partial charge in [0.05, 0.1) is 30.0 Å². The number of hydrogen-bond donors (Lipinski definition) is 0. The zero-order valence-electron chi connectivity index (χ0n) is 13.2. The van der Waals surface area contributed by atoms with Gasteiger partial charge in [0.25, 0.3) is 10.0 Å². The Balaban J connectivity index is 2.59. The van der Waals surface area contributed by atoms with Crippen molar-refractivity contribution in [3.63, 3.8) is 0 Å². The number of methoxy groups -OCH3 is 1. The molecular weight excluding hydrogens is 415 g/mol. The third kappa shape index (κ3) is 3.65. The van der Waals surface area contributed by atoms with E-state index in [0.29, 0.717) is 0 Å². The molecule has 130 valence electrons. The molecule has 6 nitrogen and oxygen atoms in total. The summed E-state index contributed by atoms with van der Waals surface area (Å²) in [5.41, 5.74) is 0.314. The van der Waals surface area contributed by atoms with Crippen molar-refractivity contribution in [2.45, 2.75) is 4.90 Å². The van der Waals surface area contributed by atoms with Gasteiger partial charge >= 0.3 is 5.97 Å². The Bertz CT molecular complexity index is 986. The highest BCUT2D eigenvalue weighted by molar-refractivity contribution is 9.10. The summed E-state index contributed by atoms with van der Waals surface area (Å²) in [7, 11) is -1.95. The van der Waals surface area contributed by atoms with E-state index >= 15 is 0 Å². The molecule has 9 heteroatoms. The number of ether oxygens (including phenoxy) is 1. The van der Waals surface area contributed by atoms with Crippen molar-refractivity contribution in [2.75, 3.05) is 18.5 Å². The lowest BCUT2D eigenvalue weighted by Gasteiger charge is -2.20. The molecule has 0 N–H and O–H groups in total. The maximum atomic E-state index is 14.3. The van der Waals surface area contributed by atoms with Crippen LogP contribution in [-0.4, -0.2) is 28.5 Å². The smallest absolute Gasteiger partial charge is 0.339 e. The van der Waals surface area contributed by atoms with Gasteiger partial charge in [-0.3, -0.25) is 4.31 Å². The molecule has 0 amide bonds. The molecule has 0 unspecified atom stereocenters. The van der Waals surface area contributed by atoms with Gasteiger partial charge in [-0.2, -0.15) is 5.26 Å². The SMILES string of the molecule is COC(=O)c1cc(S(=O)(=O)N(C)c2cccc(C#N)c2)c(F)cc1Br. The van der Waals surface area contributed by atoms with Crippen molar-refractivity contribution >= 4 is 37.6 Å². The third-order valence-electron chi connectivity index (χ3n) is 3.40. The van der Waals surface area contributed by atoms with E-state index in [0.717, 1.165) is 23.5 Å². The summed E-state index contributed by atoms with van der Waals surface area (Å²) in [6.45, 7) is 0. The van der Waals surface area contributed by atoms with Crippen LogP contribution in [0.5, 0.6) is 0 Å². The van der Waals surface area contributed by atoms with E-state index < -0.39 is 26.7 Å². The minimum absolute atomic E-state index is 0.0740. The number of carbonyl (C=O) groups excluding carboxylic acids is 1. The highest BCUT2D eigenvalue weighted by atomic mass is 79.9. The summed E-state index contributed by atoms with van der Waals surface area (Å²) < 4.78 is 45.3. The summed E-state index contributed by atoms with van der Waals surface area (Å²) in [5.74, 6) is -1.83. The fourth-order valence-corrected chi connectivity index (χ4v) is 3.79. The van der Waals surface area contributed by atoms with Crippen LogP contribution in [0.25, 0.3) is 0 Å². The van der Waals surface area contributed by atoms with Crippen molar-refractivity contribution in [3.05, 3.63) is 57.8 Å². The largest absolute Gasteiger partial charge is 0.465 e.